The van der Waals surface area contributed by atoms with Gasteiger partial charge in [-0.2, -0.15) is 0 Å². The van der Waals surface area contributed by atoms with Crippen molar-refractivity contribution in [3.05, 3.63) is 34.9 Å². The molecule has 0 radical (unpaired) electrons. The zero-order valence-electron chi connectivity index (χ0n) is 8.63. The van der Waals surface area contributed by atoms with Gasteiger partial charge in [0.15, 0.2) is 5.78 Å². The molecular weight excluding hydrogens is 174 g/mol. The summed E-state index contributed by atoms with van der Waals surface area (Å²) < 4.78 is 0. The number of carbonyl (C=O) groups excluding carboxylic acids is 1. The second-order valence-electron chi connectivity index (χ2n) is 4.11. The molecule has 1 aromatic rings. The Morgan fingerprint density at radius 2 is 2.00 bits per heavy atom. The normalized spacial score (nSPS) is 14.5. The molecule has 1 N–H and O–H groups in total. The van der Waals surface area contributed by atoms with Crippen LogP contribution in [0.5, 0.6) is 0 Å². The minimum atomic E-state index is 0.0856. The van der Waals surface area contributed by atoms with Crippen molar-refractivity contribution >= 4 is 5.78 Å². The van der Waals surface area contributed by atoms with Gasteiger partial charge in [-0.05, 0) is 17.2 Å². The zero-order chi connectivity index (χ0) is 10.1. The van der Waals surface area contributed by atoms with Gasteiger partial charge in [0.25, 0.3) is 0 Å². The van der Waals surface area contributed by atoms with E-state index in [1.54, 1.807) is 0 Å². The fraction of sp³-hybridized carbons (Fsp3) is 0.417. The van der Waals surface area contributed by atoms with E-state index in [1.807, 2.05) is 26.0 Å². The first-order valence-electron chi connectivity index (χ1n) is 5.05. The topological polar surface area (TPSA) is 29.1 Å². The summed E-state index contributed by atoms with van der Waals surface area (Å²) in [5, 5.41) is 3.27. The van der Waals surface area contributed by atoms with Crippen molar-refractivity contribution in [1.82, 2.24) is 5.32 Å². The van der Waals surface area contributed by atoms with E-state index in [-0.39, 0.29) is 11.7 Å². The van der Waals surface area contributed by atoms with Gasteiger partial charge in [-0.1, -0.05) is 26.0 Å². The van der Waals surface area contributed by atoms with Crippen LogP contribution in [0.2, 0.25) is 0 Å². The van der Waals surface area contributed by atoms with Crippen LogP contribution in [-0.4, -0.2) is 5.78 Å². The molecule has 0 fully saturated rings. The summed E-state index contributed by atoms with van der Waals surface area (Å²) in [5.74, 6) is 0.321. The van der Waals surface area contributed by atoms with Gasteiger partial charge < -0.3 is 5.32 Å². The highest BCUT2D eigenvalue weighted by Gasteiger charge is 2.15. The molecule has 0 saturated carbocycles. The number of Topliss-reactive ketones (excluding diaryl/α,β-unsaturated/α-hetero) is 1. The monoisotopic (exact) mass is 189 g/mol. The van der Waals surface area contributed by atoms with E-state index in [0.29, 0.717) is 0 Å². The molecule has 1 aromatic carbocycles. The summed E-state index contributed by atoms with van der Waals surface area (Å²) >= 11 is 0. The van der Waals surface area contributed by atoms with Gasteiger partial charge in [0, 0.05) is 24.6 Å². The van der Waals surface area contributed by atoms with Crippen molar-refractivity contribution in [3.63, 3.8) is 0 Å². The Bertz CT molecular complexity index is 369. The quantitative estimate of drug-likeness (QED) is 0.722. The van der Waals surface area contributed by atoms with Crippen molar-refractivity contribution in [2.45, 2.75) is 26.9 Å². The molecule has 0 amide bonds. The fourth-order valence-corrected chi connectivity index (χ4v) is 1.78. The number of benzene rings is 1. The van der Waals surface area contributed by atoms with Crippen LogP contribution in [0, 0.1) is 5.92 Å². The molecule has 0 unspecified atom stereocenters. The van der Waals surface area contributed by atoms with Gasteiger partial charge in [-0.3, -0.25) is 4.79 Å². The third kappa shape index (κ3) is 1.58. The SMILES string of the molecule is CC(C)C(=O)c1ccc2c(c1)CNC2. The van der Waals surface area contributed by atoms with E-state index in [2.05, 4.69) is 11.4 Å². The minimum absolute atomic E-state index is 0.0856. The van der Waals surface area contributed by atoms with E-state index in [0.717, 1.165) is 18.7 Å². The molecule has 2 nitrogen and oxygen atoms in total. The minimum Gasteiger partial charge on any atom is -0.309 e. The lowest BCUT2D eigenvalue weighted by Crippen LogP contribution is -2.07. The maximum absolute atomic E-state index is 11.7. The van der Waals surface area contributed by atoms with Crippen molar-refractivity contribution in [1.29, 1.82) is 0 Å². The standard InChI is InChI=1S/C12H15NO/c1-8(2)12(14)9-3-4-10-6-13-7-11(10)5-9/h3-5,8,13H,6-7H2,1-2H3. The molecule has 1 aliphatic rings. The van der Waals surface area contributed by atoms with Crippen molar-refractivity contribution in [3.8, 4) is 0 Å². The second kappa shape index (κ2) is 3.54. The number of hydrogen-bond acceptors (Lipinski definition) is 2. The molecule has 0 spiro atoms. The maximum Gasteiger partial charge on any atom is 0.165 e. The number of nitrogens with one attached hydrogen (secondary N) is 1. The van der Waals surface area contributed by atoms with E-state index in [4.69, 9.17) is 0 Å². The number of fused-ring (bicyclic) bond motifs is 1. The smallest absolute Gasteiger partial charge is 0.165 e. The van der Waals surface area contributed by atoms with Crippen molar-refractivity contribution < 1.29 is 4.79 Å². The molecule has 2 heteroatoms. The molecule has 0 saturated heterocycles. The molecule has 1 aliphatic heterocycles. The number of carbonyl (C=O) groups is 1. The fourth-order valence-electron chi connectivity index (χ4n) is 1.78. The second-order valence-corrected chi connectivity index (χ2v) is 4.11. The highest BCUT2D eigenvalue weighted by Crippen LogP contribution is 2.18. The summed E-state index contributed by atoms with van der Waals surface area (Å²) in [6, 6.07) is 6.02. The lowest BCUT2D eigenvalue weighted by Gasteiger charge is -2.05. The highest BCUT2D eigenvalue weighted by molar-refractivity contribution is 5.97. The predicted octanol–water partition coefficient (Wildman–Crippen LogP) is 2.13. The Kier molecular flexibility index (Phi) is 2.38. The molecule has 0 aliphatic carbocycles. The van der Waals surface area contributed by atoms with Crippen molar-refractivity contribution in [2.24, 2.45) is 5.92 Å². The van der Waals surface area contributed by atoms with Gasteiger partial charge in [0.2, 0.25) is 0 Å². The van der Waals surface area contributed by atoms with Crippen LogP contribution in [0.1, 0.15) is 35.3 Å². The third-order valence-electron chi connectivity index (χ3n) is 2.65. The van der Waals surface area contributed by atoms with Gasteiger partial charge >= 0.3 is 0 Å². The molecule has 2 rings (SSSR count). The van der Waals surface area contributed by atoms with Gasteiger partial charge in [0.05, 0.1) is 0 Å². The van der Waals surface area contributed by atoms with Crippen LogP contribution in [0.25, 0.3) is 0 Å². The van der Waals surface area contributed by atoms with Gasteiger partial charge in [-0.15, -0.1) is 0 Å². The maximum atomic E-state index is 11.7. The Balaban J connectivity index is 2.33. The number of ketones is 1. The average Bonchev–Trinajstić information content (AvgIpc) is 2.62. The van der Waals surface area contributed by atoms with Crippen LogP contribution < -0.4 is 5.32 Å². The molecular formula is C12H15NO. The summed E-state index contributed by atoms with van der Waals surface area (Å²) in [5.41, 5.74) is 3.45. The zero-order valence-corrected chi connectivity index (χ0v) is 8.63. The lowest BCUT2D eigenvalue weighted by atomic mass is 9.98. The summed E-state index contributed by atoms with van der Waals surface area (Å²) in [4.78, 5) is 11.7. The highest BCUT2D eigenvalue weighted by atomic mass is 16.1. The van der Waals surface area contributed by atoms with E-state index in [9.17, 15) is 4.79 Å². The third-order valence-corrected chi connectivity index (χ3v) is 2.65. The average molecular weight is 189 g/mol. The van der Waals surface area contributed by atoms with Crippen LogP contribution in [0.4, 0.5) is 0 Å². The Morgan fingerprint density at radius 1 is 1.29 bits per heavy atom. The van der Waals surface area contributed by atoms with Gasteiger partial charge in [-0.25, -0.2) is 0 Å². The van der Waals surface area contributed by atoms with E-state index < -0.39 is 0 Å². The summed E-state index contributed by atoms with van der Waals surface area (Å²) in [6.45, 7) is 5.71. The van der Waals surface area contributed by atoms with Gasteiger partial charge in [0.1, 0.15) is 0 Å². The van der Waals surface area contributed by atoms with Crippen LogP contribution in [0.15, 0.2) is 18.2 Å². The van der Waals surface area contributed by atoms with Crippen LogP contribution in [-0.2, 0) is 13.1 Å². The molecule has 0 bridgehead atoms. The number of rotatable bonds is 2. The largest absolute Gasteiger partial charge is 0.309 e. The summed E-state index contributed by atoms with van der Waals surface area (Å²) in [7, 11) is 0. The molecule has 0 atom stereocenters. The summed E-state index contributed by atoms with van der Waals surface area (Å²) in [6.07, 6.45) is 0. The number of hydrogen-bond donors (Lipinski definition) is 1. The van der Waals surface area contributed by atoms with Crippen LogP contribution in [0.3, 0.4) is 0 Å². The van der Waals surface area contributed by atoms with Crippen molar-refractivity contribution in [2.75, 3.05) is 0 Å². The first-order chi connectivity index (χ1) is 6.68. The Labute approximate surface area is 84.3 Å². The Morgan fingerprint density at radius 3 is 2.71 bits per heavy atom. The Hall–Kier alpha value is -1.15. The first kappa shape index (κ1) is 9.41. The molecule has 0 aromatic heterocycles. The molecule has 74 valence electrons. The van der Waals surface area contributed by atoms with E-state index >= 15 is 0 Å². The molecule has 14 heavy (non-hydrogen) atoms. The van der Waals surface area contributed by atoms with E-state index in [1.165, 1.54) is 11.1 Å². The predicted molar refractivity (Wildman–Crippen MR) is 56.2 cm³/mol. The molecule has 1 heterocycles. The van der Waals surface area contributed by atoms with Crippen LogP contribution >= 0.6 is 0 Å². The lowest BCUT2D eigenvalue weighted by molar-refractivity contribution is 0.0939. The first-order valence-corrected chi connectivity index (χ1v) is 5.05.